The average Bonchev–Trinajstić information content (AvgIpc) is 2.34. The molecule has 1 aliphatic rings. The Morgan fingerprint density at radius 3 is 2.72 bits per heavy atom. The van der Waals surface area contributed by atoms with Gasteiger partial charge in [-0.1, -0.05) is 32.8 Å². The summed E-state index contributed by atoms with van der Waals surface area (Å²) in [4.78, 5) is 0. The average molecular weight is 247 g/mol. The molecule has 2 unspecified atom stereocenters. The van der Waals surface area contributed by atoms with Gasteiger partial charge in [-0.3, -0.25) is 0 Å². The van der Waals surface area contributed by atoms with Gasteiger partial charge in [-0.05, 0) is 43.2 Å². The highest BCUT2D eigenvalue weighted by Crippen LogP contribution is 2.32. The molecule has 100 valence electrons. The lowest BCUT2D eigenvalue weighted by Crippen LogP contribution is -2.29. The Hall–Kier alpha value is -1.18. The fourth-order valence-corrected chi connectivity index (χ4v) is 2.90. The van der Waals surface area contributed by atoms with Gasteiger partial charge in [0.1, 0.15) is 5.75 Å². The van der Waals surface area contributed by atoms with E-state index < -0.39 is 0 Å². The van der Waals surface area contributed by atoms with Gasteiger partial charge < -0.3 is 10.4 Å². The summed E-state index contributed by atoms with van der Waals surface area (Å²) >= 11 is 0. The molecule has 0 aromatic heterocycles. The zero-order valence-corrected chi connectivity index (χ0v) is 11.7. The van der Waals surface area contributed by atoms with Crippen LogP contribution in [0.1, 0.15) is 45.1 Å². The van der Waals surface area contributed by atoms with Gasteiger partial charge in [0.25, 0.3) is 0 Å². The quantitative estimate of drug-likeness (QED) is 0.833. The molecule has 2 rings (SSSR count). The molecule has 1 saturated carbocycles. The van der Waals surface area contributed by atoms with E-state index in [9.17, 15) is 5.11 Å². The second-order valence-electron chi connectivity index (χ2n) is 6.01. The summed E-state index contributed by atoms with van der Waals surface area (Å²) < 4.78 is 0. The van der Waals surface area contributed by atoms with Crippen LogP contribution in [0.5, 0.6) is 5.75 Å². The minimum Gasteiger partial charge on any atom is -0.508 e. The van der Waals surface area contributed by atoms with Gasteiger partial charge in [0.15, 0.2) is 0 Å². The van der Waals surface area contributed by atoms with Crippen molar-refractivity contribution in [1.29, 1.82) is 0 Å². The highest BCUT2D eigenvalue weighted by molar-refractivity contribution is 5.51. The molecular weight excluding hydrogens is 222 g/mol. The fraction of sp³-hybridized carbons (Fsp3) is 0.625. The van der Waals surface area contributed by atoms with Crippen molar-refractivity contribution in [2.24, 2.45) is 11.8 Å². The van der Waals surface area contributed by atoms with Crippen LogP contribution in [-0.4, -0.2) is 11.1 Å². The molecule has 0 bridgehead atoms. The van der Waals surface area contributed by atoms with Crippen LogP contribution in [0.3, 0.4) is 0 Å². The number of rotatable bonds is 3. The van der Waals surface area contributed by atoms with Crippen molar-refractivity contribution in [2.75, 3.05) is 5.32 Å². The topological polar surface area (TPSA) is 32.3 Å². The highest BCUT2D eigenvalue weighted by Gasteiger charge is 2.23. The third-order valence-corrected chi connectivity index (χ3v) is 4.24. The van der Waals surface area contributed by atoms with Crippen molar-refractivity contribution in [1.82, 2.24) is 0 Å². The second-order valence-corrected chi connectivity index (χ2v) is 6.01. The van der Waals surface area contributed by atoms with Gasteiger partial charge >= 0.3 is 0 Å². The maximum absolute atomic E-state index is 9.73. The summed E-state index contributed by atoms with van der Waals surface area (Å²) in [7, 11) is 0. The minimum atomic E-state index is 0.385. The number of phenolic OH excluding ortho intramolecular Hbond substituents is 1. The van der Waals surface area contributed by atoms with Crippen molar-refractivity contribution in [2.45, 2.75) is 52.5 Å². The smallest absolute Gasteiger partial charge is 0.120 e. The summed E-state index contributed by atoms with van der Waals surface area (Å²) in [6.07, 6.45) is 5.19. The summed E-state index contributed by atoms with van der Waals surface area (Å²) in [6.45, 7) is 6.57. The number of hydrogen-bond donors (Lipinski definition) is 2. The lowest BCUT2D eigenvalue weighted by molar-refractivity contribution is 0.264. The van der Waals surface area contributed by atoms with Gasteiger partial charge in [-0.25, -0.2) is 0 Å². The van der Waals surface area contributed by atoms with E-state index in [-0.39, 0.29) is 0 Å². The van der Waals surface area contributed by atoms with Crippen LogP contribution in [0.2, 0.25) is 0 Å². The first-order chi connectivity index (χ1) is 8.56. The van der Waals surface area contributed by atoms with Gasteiger partial charge in [-0.15, -0.1) is 0 Å². The summed E-state index contributed by atoms with van der Waals surface area (Å²) in [6, 6.07) is 6.44. The lowest BCUT2D eigenvalue weighted by atomic mass is 9.79. The van der Waals surface area contributed by atoms with E-state index in [0.29, 0.717) is 11.8 Å². The molecule has 1 aromatic carbocycles. The zero-order chi connectivity index (χ0) is 13.1. The number of aryl methyl sites for hydroxylation is 1. The van der Waals surface area contributed by atoms with Crippen molar-refractivity contribution >= 4 is 5.69 Å². The predicted octanol–water partition coefficient (Wildman–Crippen LogP) is 4.33. The van der Waals surface area contributed by atoms with E-state index in [2.05, 4.69) is 25.2 Å². The number of benzene rings is 1. The van der Waals surface area contributed by atoms with Crippen LogP contribution < -0.4 is 5.32 Å². The third kappa shape index (κ3) is 3.18. The predicted molar refractivity (Wildman–Crippen MR) is 77.1 cm³/mol. The van der Waals surface area contributed by atoms with Gasteiger partial charge in [-0.2, -0.15) is 0 Å². The van der Waals surface area contributed by atoms with Crippen LogP contribution in [0, 0.1) is 18.8 Å². The van der Waals surface area contributed by atoms with Crippen molar-refractivity contribution in [3.05, 3.63) is 23.8 Å². The van der Waals surface area contributed by atoms with Crippen molar-refractivity contribution in [3.63, 3.8) is 0 Å². The van der Waals surface area contributed by atoms with Crippen molar-refractivity contribution in [3.8, 4) is 5.75 Å². The Morgan fingerprint density at radius 2 is 2.06 bits per heavy atom. The lowest BCUT2D eigenvalue weighted by Gasteiger charge is -2.32. The molecule has 2 N–H and O–H groups in total. The van der Waals surface area contributed by atoms with Gasteiger partial charge in [0, 0.05) is 17.8 Å². The first-order valence-electron chi connectivity index (χ1n) is 7.12. The molecule has 0 heterocycles. The third-order valence-electron chi connectivity index (χ3n) is 4.24. The maximum Gasteiger partial charge on any atom is 0.120 e. The molecule has 18 heavy (non-hydrogen) atoms. The Balaban J connectivity index is 1.98. The largest absolute Gasteiger partial charge is 0.508 e. The summed E-state index contributed by atoms with van der Waals surface area (Å²) in [5.41, 5.74) is 1.98. The molecule has 0 amide bonds. The van der Waals surface area contributed by atoms with Crippen LogP contribution in [-0.2, 0) is 0 Å². The standard InChI is InChI=1S/C16H25NO/c1-11(2)13-5-4-6-14(9-13)17-15-8-7-12(3)16(18)10-15/h7-8,10-11,13-14,17-18H,4-6,9H2,1-3H3. The zero-order valence-electron chi connectivity index (χ0n) is 11.7. The number of phenols is 1. The van der Waals surface area contributed by atoms with E-state index in [1.807, 2.05) is 19.1 Å². The minimum absolute atomic E-state index is 0.385. The highest BCUT2D eigenvalue weighted by atomic mass is 16.3. The molecule has 2 atom stereocenters. The summed E-state index contributed by atoms with van der Waals surface area (Å²) in [5.74, 6) is 2.01. The van der Waals surface area contributed by atoms with Crippen molar-refractivity contribution < 1.29 is 5.11 Å². The van der Waals surface area contributed by atoms with Crippen LogP contribution in [0.4, 0.5) is 5.69 Å². The fourth-order valence-electron chi connectivity index (χ4n) is 2.90. The molecule has 0 radical (unpaired) electrons. The van der Waals surface area contributed by atoms with Gasteiger partial charge in [0.05, 0.1) is 0 Å². The van der Waals surface area contributed by atoms with Crippen LogP contribution >= 0.6 is 0 Å². The van der Waals surface area contributed by atoms with E-state index >= 15 is 0 Å². The number of aromatic hydroxyl groups is 1. The van der Waals surface area contributed by atoms with Crippen LogP contribution in [0.25, 0.3) is 0 Å². The molecule has 1 aromatic rings. The first kappa shape index (κ1) is 13.3. The molecule has 2 nitrogen and oxygen atoms in total. The van der Waals surface area contributed by atoms with E-state index in [0.717, 1.165) is 23.1 Å². The number of hydrogen-bond acceptors (Lipinski definition) is 2. The Labute approximate surface area is 110 Å². The monoisotopic (exact) mass is 247 g/mol. The number of anilines is 1. The summed E-state index contributed by atoms with van der Waals surface area (Å²) in [5, 5.41) is 13.3. The first-order valence-corrected chi connectivity index (χ1v) is 7.12. The molecule has 0 spiro atoms. The van der Waals surface area contributed by atoms with E-state index in [1.54, 1.807) is 0 Å². The van der Waals surface area contributed by atoms with Gasteiger partial charge in [0.2, 0.25) is 0 Å². The Kier molecular flexibility index (Phi) is 4.15. The number of nitrogens with one attached hydrogen (secondary N) is 1. The second kappa shape index (κ2) is 5.64. The Morgan fingerprint density at radius 1 is 1.28 bits per heavy atom. The molecule has 1 fully saturated rings. The maximum atomic E-state index is 9.73. The molecule has 0 aliphatic heterocycles. The van der Waals surface area contributed by atoms with E-state index in [1.165, 1.54) is 25.7 Å². The molecule has 0 saturated heterocycles. The molecule has 1 aliphatic carbocycles. The normalized spacial score (nSPS) is 24.2. The van der Waals surface area contributed by atoms with Crippen LogP contribution in [0.15, 0.2) is 18.2 Å². The van der Waals surface area contributed by atoms with E-state index in [4.69, 9.17) is 0 Å². The molecule has 2 heteroatoms. The SMILES string of the molecule is Cc1ccc(NC2CCCC(C(C)C)C2)cc1O. The molecular formula is C16H25NO. The Bertz CT molecular complexity index is 400.